The Kier molecular flexibility index (Phi) is 6.65. The minimum Gasteiger partial charge on any atom is -0.344 e. The van der Waals surface area contributed by atoms with Crippen molar-refractivity contribution in [2.75, 3.05) is 18.6 Å². The van der Waals surface area contributed by atoms with E-state index in [1.54, 1.807) is 23.9 Å². The van der Waals surface area contributed by atoms with Crippen molar-refractivity contribution in [3.05, 3.63) is 65.6 Å². The second kappa shape index (κ2) is 9.36. The number of fused-ring (bicyclic) bond motifs is 1. The van der Waals surface area contributed by atoms with Gasteiger partial charge in [0.2, 0.25) is 5.91 Å². The largest absolute Gasteiger partial charge is 0.344 e. The fourth-order valence-corrected chi connectivity index (χ4v) is 3.36. The number of thioether (sulfide) groups is 1. The highest BCUT2D eigenvalue weighted by Crippen LogP contribution is 2.18. The van der Waals surface area contributed by atoms with Gasteiger partial charge >= 0.3 is 0 Å². The summed E-state index contributed by atoms with van der Waals surface area (Å²) in [5, 5.41) is 14.1. The van der Waals surface area contributed by atoms with Gasteiger partial charge in [0.25, 0.3) is 5.91 Å². The Morgan fingerprint density at radius 3 is 2.82 bits per heavy atom. The molecule has 2 aromatic heterocycles. The maximum absolute atomic E-state index is 12.5. The van der Waals surface area contributed by atoms with Crippen molar-refractivity contribution in [1.82, 2.24) is 25.2 Å². The van der Waals surface area contributed by atoms with Crippen LogP contribution in [0.1, 0.15) is 34.2 Å². The Bertz CT molecular complexity index is 972. The van der Waals surface area contributed by atoms with Crippen LogP contribution in [0, 0.1) is 6.92 Å². The Morgan fingerprint density at radius 2 is 2.04 bits per heavy atom. The molecule has 1 aromatic carbocycles. The molecule has 0 aliphatic heterocycles. The molecule has 0 fully saturated rings. The van der Waals surface area contributed by atoms with E-state index in [0.717, 1.165) is 17.0 Å². The van der Waals surface area contributed by atoms with E-state index in [4.69, 9.17) is 0 Å². The monoisotopic (exact) mass is 397 g/mol. The van der Waals surface area contributed by atoms with Gasteiger partial charge in [0.1, 0.15) is 0 Å². The van der Waals surface area contributed by atoms with Gasteiger partial charge in [0, 0.05) is 11.8 Å². The Morgan fingerprint density at radius 1 is 1.18 bits per heavy atom. The molecule has 0 aliphatic carbocycles. The van der Waals surface area contributed by atoms with E-state index in [-0.39, 0.29) is 24.4 Å². The third-order valence-electron chi connectivity index (χ3n) is 4.29. The molecule has 146 valence electrons. The molecule has 3 aromatic rings. The van der Waals surface area contributed by atoms with Crippen LogP contribution in [0.5, 0.6) is 0 Å². The SMILES string of the molecule is CSCCC(NC(=O)CNC(=O)c1cccc(C)c1)c1nnc2ccccn12. The average molecular weight is 398 g/mol. The van der Waals surface area contributed by atoms with Gasteiger partial charge in [-0.25, -0.2) is 0 Å². The molecule has 8 heteroatoms. The number of benzene rings is 1. The number of nitrogens with zero attached hydrogens (tertiary/aromatic N) is 3. The molecule has 1 unspecified atom stereocenters. The molecule has 2 amide bonds. The zero-order valence-electron chi connectivity index (χ0n) is 15.9. The number of pyridine rings is 1. The van der Waals surface area contributed by atoms with Crippen LogP contribution in [0.25, 0.3) is 5.65 Å². The fraction of sp³-hybridized carbons (Fsp3) is 0.300. The third kappa shape index (κ3) is 4.89. The minimum atomic E-state index is -0.284. The summed E-state index contributed by atoms with van der Waals surface area (Å²) in [6.07, 6.45) is 4.61. The highest BCUT2D eigenvalue weighted by molar-refractivity contribution is 7.98. The van der Waals surface area contributed by atoms with Crippen molar-refractivity contribution in [2.24, 2.45) is 0 Å². The van der Waals surface area contributed by atoms with E-state index in [0.29, 0.717) is 17.8 Å². The molecule has 7 nitrogen and oxygen atoms in total. The van der Waals surface area contributed by atoms with E-state index in [2.05, 4.69) is 20.8 Å². The first-order valence-corrected chi connectivity index (χ1v) is 10.4. The zero-order valence-corrected chi connectivity index (χ0v) is 16.7. The van der Waals surface area contributed by atoms with Crippen LogP contribution < -0.4 is 10.6 Å². The Hall–Kier alpha value is -2.87. The fourth-order valence-electron chi connectivity index (χ4n) is 2.89. The quantitative estimate of drug-likeness (QED) is 0.609. The second-order valence-electron chi connectivity index (χ2n) is 6.44. The number of hydrogen-bond acceptors (Lipinski definition) is 5. The summed E-state index contributed by atoms with van der Waals surface area (Å²) in [4.78, 5) is 24.7. The number of amides is 2. The van der Waals surface area contributed by atoms with Gasteiger partial charge in [-0.3, -0.25) is 14.0 Å². The molecule has 0 saturated heterocycles. The number of aromatic nitrogens is 3. The van der Waals surface area contributed by atoms with Gasteiger partial charge < -0.3 is 10.6 Å². The van der Waals surface area contributed by atoms with Crippen molar-refractivity contribution < 1.29 is 9.59 Å². The van der Waals surface area contributed by atoms with E-state index < -0.39 is 0 Å². The summed E-state index contributed by atoms with van der Waals surface area (Å²) in [6, 6.07) is 12.6. The summed E-state index contributed by atoms with van der Waals surface area (Å²) in [5.41, 5.74) is 2.26. The first kappa shape index (κ1) is 19.9. The van der Waals surface area contributed by atoms with Gasteiger partial charge in [0.05, 0.1) is 12.6 Å². The first-order chi connectivity index (χ1) is 13.6. The standard InChI is InChI=1S/C20H23N5O2S/c1-14-6-5-7-15(12-14)20(27)21-13-18(26)22-16(9-11-28-2)19-24-23-17-8-3-4-10-25(17)19/h3-8,10,12,16H,9,11,13H2,1-2H3,(H,21,27)(H,22,26). The molecule has 0 aliphatic rings. The molecular formula is C20H23N5O2S. The van der Waals surface area contributed by atoms with Gasteiger partial charge in [0.15, 0.2) is 11.5 Å². The number of rotatable bonds is 8. The number of nitrogens with one attached hydrogen (secondary N) is 2. The maximum Gasteiger partial charge on any atom is 0.251 e. The van der Waals surface area contributed by atoms with E-state index in [1.165, 1.54) is 0 Å². The molecule has 28 heavy (non-hydrogen) atoms. The molecule has 3 rings (SSSR count). The summed E-state index contributed by atoms with van der Waals surface area (Å²) in [6.45, 7) is 1.82. The minimum absolute atomic E-state index is 0.0979. The lowest BCUT2D eigenvalue weighted by Crippen LogP contribution is -2.39. The summed E-state index contributed by atoms with van der Waals surface area (Å²) >= 11 is 1.70. The van der Waals surface area contributed by atoms with Crippen LogP contribution in [0.15, 0.2) is 48.7 Å². The van der Waals surface area contributed by atoms with Crippen molar-refractivity contribution in [1.29, 1.82) is 0 Å². The van der Waals surface area contributed by atoms with Crippen LogP contribution in [0.4, 0.5) is 0 Å². The van der Waals surface area contributed by atoms with Crippen LogP contribution >= 0.6 is 11.8 Å². The maximum atomic E-state index is 12.5. The number of carbonyl (C=O) groups excluding carboxylic acids is 2. The molecule has 0 bridgehead atoms. The number of hydrogen-bond donors (Lipinski definition) is 2. The molecule has 0 spiro atoms. The van der Waals surface area contributed by atoms with Crippen molar-refractivity contribution >= 4 is 29.2 Å². The van der Waals surface area contributed by atoms with Crippen molar-refractivity contribution in [3.8, 4) is 0 Å². The molecule has 2 heterocycles. The second-order valence-corrected chi connectivity index (χ2v) is 7.43. The van der Waals surface area contributed by atoms with E-state index >= 15 is 0 Å². The summed E-state index contributed by atoms with van der Waals surface area (Å²) < 4.78 is 1.87. The topological polar surface area (TPSA) is 88.4 Å². The predicted octanol–water partition coefficient (Wildman–Crippen LogP) is 2.38. The molecular weight excluding hydrogens is 374 g/mol. The lowest BCUT2D eigenvalue weighted by Gasteiger charge is -2.17. The van der Waals surface area contributed by atoms with Crippen LogP contribution in [-0.4, -0.2) is 45.0 Å². The summed E-state index contributed by atoms with van der Waals surface area (Å²) in [7, 11) is 0. The van der Waals surface area contributed by atoms with Crippen LogP contribution in [0.3, 0.4) is 0 Å². The van der Waals surface area contributed by atoms with E-state index in [1.807, 2.05) is 54.1 Å². The van der Waals surface area contributed by atoms with Gasteiger partial charge in [-0.05, 0) is 49.6 Å². The average Bonchev–Trinajstić information content (AvgIpc) is 3.13. The molecule has 2 N–H and O–H groups in total. The van der Waals surface area contributed by atoms with Gasteiger partial charge in [-0.2, -0.15) is 11.8 Å². The van der Waals surface area contributed by atoms with Crippen molar-refractivity contribution in [2.45, 2.75) is 19.4 Å². The van der Waals surface area contributed by atoms with E-state index in [9.17, 15) is 9.59 Å². The number of aryl methyl sites for hydroxylation is 1. The highest BCUT2D eigenvalue weighted by Gasteiger charge is 2.20. The normalized spacial score (nSPS) is 11.9. The molecule has 0 saturated carbocycles. The lowest BCUT2D eigenvalue weighted by atomic mass is 10.1. The Labute approximate surface area is 167 Å². The molecule has 1 atom stereocenters. The smallest absolute Gasteiger partial charge is 0.251 e. The number of carbonyl (C=O) groups is 2. The van der Waals surface area contributed by atoms with Crippen molar-refractivity contribution in [3.63, 3.8) is 0 Å². The lowest BCUT2D eigenvalue weighted by molar-refractivity contribution is -0.120. The zero-order chi connectivity index (χ0) is 19.9. The van der Waals surface area contributed by atoms with Crippen LogP contribution in [-0.2, 0) is 4.79 Å². The third-order valence-corrected chi connectivity index (χ3v) is 4.93. The molecule has 0 radical (unpaired) electrons. The van der Waals surface area contributed by atoms with Gasteiger partial charge in [-0.15, -0.1) is 10.2 Å². The summed E-state index contributed by atoms with van der Waals surface area (Å²) in [5.74, 6) is 1.01. The Balaban J connectivity index is 1.65. The van der Waals surface area contributed by atoms with Crippen LogP contribution in [0.2, 0.25) is 0 Å². The highest BCUT2D eigenvalue weighted by atomic mass is 32.2. The predicted molar refractivity (Wildman–Crippen MR) is 110 cm³/mol. The first-order valence-electron chi connectivity index (χ1n) is 9.01. The van der Waals surface area contributed by atoms with Gasteiger partial charge in [-0.1, -0.05) is 23.8 Å².